The minimum Gasteiger partial charge on any atom is -0.497 e. The summed E-state index contributed by atoms with van der Waals surface area (Å²) in [5, 5.41) is 5.95. The maximum atomic E-state index is 13.3. The predicted octanol–water partition coefficient (Wildman–Crippen LogP) is 4.41. The number of carbonyl (C=O) groups excluding carboxylic acids is 2. The molecule has 3 aliphatic rings. The lowest BCUT2D eigenvalue weighted by molar-refractivity contribution is -0.125. The summed E-state index contributed by atoms with van der Waals surface area (Å²) in [6, 6.07) is 7.11. The van der Waals surface area contributed by atoms with Crippen LogP contribution in [0.1, 0.15) is 33.1 Å². The molecule has 0 atom stereocenters. The van der Waals surface area contributed by atoms with Crippen LogP contribution < -0.4 is 15.4 Å². The zero-order chi connectivity index (χ0) is 23.3. The van der Waals surface area contributed by atoms with Gasteiger partial charge in [-0.3, -0.25) is 9.79 Å². The normalized spacial score (nSPS) is 20.9. The third-order valence-corrected chi connectivity index (χ3v) is 11.3. The molecule has 4 rings (SSSR count). The highest BCUT2D eigenvalue weighted by atomic mass is 28.3. The second-order valence-electron chi connectivity index (χ2n) is 10.6. The van der Waals surface area contributed by atoms with Gasteiger partial charge in [-0.15, -0.1) is 0 Å². The first-order chi connectivity index (χ1) is 15.0. The highest BCUT2D eigenvalue weighted by Gasteiger charge is 2.54. The summed E-state index contributed by atoms with van der Waals surface area (Å²) in [5.74, 6) is 1.51. The van der Waals surface area contributed by atoms with Crippen LogP contribution in [0.25, 0.3) is 0 Å². The average Bonchev–Trinajstić information content (AvgIpc) is 3.18. The Morgan fingerprint density at radius 1 is 1.09 bits per heavy atom. The lowest BCUT2D eigenvalue weighted by atomic mass is 9.83. The molecule has 2 aliphatic heterocycles. The number of amidine groups is 1. The standard InChI is InChI=1S/C24H34N4O3Si/c1-23(2)19-14-25-20(27-21(29)24(12-7-13-24)32(4,5)6)18(19)15-28(23)22(30)26-16-8-10-17(31-3)11-9-16/h8-11H,7,12-15H2,1-6H3,(H,26,30)(H,25,27,29). The zero-order valence-electron chi connectivity index (χ0n) is 20.0. The first-order valence-corrected chi connectivity index (χ1v) is 14.8. The molecule has 0 spiro atoms. The van der Waals surface area contributed by atoms with E-state index in [2.05, 4.69) is 35.3 Å². The summed E-state index contributed by atoms with van der Waals surface area (Å²) in [7, 11) is -0.0561. The van der Waals surface area contributed by atoms with Crippen LogP contribution in [0.3, 0.4) is 0 Å². The van der Waals surface area contributed by atoms with Gasteiger partial charge in [0.25, 0.3) is 0 Å². The predicted molar refractivity (Wildman–Crippen MR) is 130 cm³/mol. The smallest absolute Gasteiger partial charge is 0.322 e. The molecular formula is C24H34N4O3Si. The number of methoxy groups -OCH3 is 1. The van der Waals surface area contributed by atoms with E-state index in [-0.39, 0.29) is 17.0 Å². The summed E-state index contributed by atoms with van der Waals surface area (Å²) < 4.78 is 5.18. The van der Waals surface area contributed by atoms with E-state index in [0.717, 1.165) is 36.2 Å². The fourth-order valence-electron chi connectivity index (χ4n) is 5.12. The van der Waals surface area contributed by atoms with Gasteiger partial charge < -0.3 is 20.3 Å². The third-order valence-electron chi connectivity index (χ3n) is 7.67. The lowest BCUT2D eigenvalue weighted by Crippen LogP contribution is -2.55. The second kappa shape index (κ2) is 7.76. The molecule has 2 N–H and O–H groups in total. The SMILES string of the molecule is COc1ccc(NC(=O)N2CC3=C(CN=C3NC(=O)C3([Si](C)(C)C)CCC3)C2(C)C)cc1. The molecule has 2 heterocycles. The average molecular weight is 455 g/mol. The topological polar surface area (TPSA) is 83.0 Å². The van der Waals surface area contributed by atoms with E-state index < -0.39 is 13.6 Å². The van der Waals surface area contributed by atoms with E-state index >= 15 is 0 Å². The molecule has 7 nitrogen and oxygen atoms in total. The van der Waals surface area contributed by atoms with E-state index in [4.69, 9.17) is 4.74 Å². The Labute approximate surface area is 191 Å². The summed E-state index contributed by atoms with van der Waals surface area (Å²) in [4.78, 5) is 32.9. The molecule has 172 valence electrons. The van der Waals surface area contributed by atoms with Gasteiger partial charge in [0, 0.05) is 16.3 Å². The molecular weight excluding hydrogens is 420 g/mol. The molecule has 8 heteroatoms. The van der Waals surface area contributed by atoms with Crippen LogP contribution in [-0.4, -0.2) is 56.5 Å². The van der Waals surface area contributed by atoms with Gasteiger partial charge in [0.15, 0.2) is 0 Å². The molecule has 1 aromatic rings. The summed E-state index contributed by atoms with van der Waals surface area (Å²) in [5.41, 5.74) is 2.32. The molecule has 0 saturated heterocycles. The number of carbonyl (C=O) groups is 2. The number of urea groups is 1. The van der Waals surface area contributed by atoms with Crippen molar-refractivity contribution in [3.05, 3.63) is 35.4 Å². The Kier molecular flexibility index (Phi) is 5.47. The van der Waals surface area contributed by atoms with Gasteiger partial charge in [0.2, 0.25) is 5.91 Å². The maximum Gasteiger partial charge on any atom is 0.322 e. The number of aliphatic imine (C=N–C) groups is 1. The Balaban J connectivity index is 1.47. The number of nitrogens with one attached hydrogen (secondary N) is 2. The zero-order valence-corrected chi connectivity index (χ0v) is 21.0. The van der Waals surface area contributed by atoms with E-state index in [1.165, 1.54) is 0 Å². The van der Waals surface area contributed by atoms with Crippen molar-refractivity contribution >= 4 is 31.5 Å². The Morgan fingerprint density at radius 2 is 1.75 bits per heavy atom. The van der Waals surface area contributed by atoms with E-state index in [0.29, 0.717) is 24.6 Å². The largest absolute Gasteiger partial charge is 0.497 e. The molecule has 0 bridgehead atoms. The fourth-order valence-corrected chi connectivity index (χ4v) is 7.72. The van der Waals surface area contributed by atoms with Gasteiger partial charge >= 0.3 is 6.03 Å². The van der Waals surface area contributed by atoms with Crippen molar-refractivity contribution in [2.45, 2.75) is 63.3 Å². The minimum absolute atomic E-state index is 0.120. The quantitative estimate of drug-likeness (QED) is 0.661. The molecule has 0 radical (unpaired) electrons. The van der Waals surface area contributed by atoms with E-state index in [1.54, 1.807) is 7.11 Å². The Hall–Kier alpha value is -2.61. The summed E-state index contributed by atoms with van der Waals surface area (Å²) >= 11 is 0. The van der Waals surface area contributed by atoms with Gasteiger partial charge in [-0.2, -0.15) is 0 Å². The summed E-state index contributed by atoms with van der Waals surface area (Å²) in [6.07, 6.45) is 3.05. The van der Waals surface area contributed by atoms with Crippen LogP contribution >= 0.6 is 0 Å². The fraction of sp³-hybridized carbons (Fsp3) is 0.542. The van der Waals surface area contributed by atoms with Crippen LogP contribution in [0.5, 0.6) is 5.75 Å². The molecule has 32 heavy (non-hydrogen) atoms. The van der Waals surface area contributed by atoms with Crippen molar-refractivity contribution < 1.29 is 14.3 Å². The Morgan fingerprint density at radius 3 is 2.28 bits per heavy atom. The van der Waals surface area contributed by atoms with Crippen molar-refractivity contribution in [2.24, 2.45) is 4.99 Å². The molecule has 1 aliphatic carbocycles. The molecule has 0 unspecified atom stereocenters. The summed E-state index contributed by atoms with van der Waals surface area (Å²) in [6.45, 7) is 11.9. The van der Waals surface area contributed by atoms with Gasteiger partial charge in [-0.05, 0) is 56.5 Å². The first kappa shape index (κ1) is 22.6. The van der Waals surface area contributed by atoms with Gasteiger partial charge in [0.05, 0.1) is 33.8 Å². The first-order valence-electron chi connectivity index (χ1n) is 11.3. The molecule has 1 aromatic carbocycles. The maximum absolute atomic E-state index is 13.3. The number of ether oxygens (including phenoxy) is 1. The van der Waals surface area contributed by atoms with E-state index in [9.17, 15) is 9.59 Å². The van der Waals surface area contributed by atoms with Crippen molar-refractivity contribution in [3.63, 3.8) is 0 Å². The van der Waals surface area contributed by atoms with Gasteiger partial charge in [-0.25, -0.2) is 4.79 Å². The molecule has 0 aromatic heterocycles. The number of nitrogens with zero attached hydrogens (tertiary/aromatic N) is 2. The molecule has 3 amide bonds. The van der Waals surface area contributed by atoms with Gasteiger partial charge in [0.1, 0.15) is 11.6 Å². The number of benzene rings is 1. The minimum atomic E-state index is -1.67. The van der Waals surface area contributed by atoms with E-state index in [1.807, 2.05) is 43.0 Å². The highest BCUT2D eigenvalue weighted by Crippen LogP contribution is 2.55. The van der Waals surface area contributed by atoms with Crippen LogP contribution in [0.15, 0.2) is 40.4 Å². The number of hydrogen-bond donors (Lipinski definition) is 2. The van der Waals surface area contributed by atoms with Crippen LogP contribution in [0.4, 0.5) is 10.5 Å². The second-order valence-corrected chi connectivity index (χ2v) is 16.0. The van der Waals surface area contributed by atoms with Crippen LogP contribution in [0, 0.1) is 0 Å². The van der Waals surface area contributed by atoms with Crippen molar-refractivity contribution in [1.82, 2.24) is 10.2 Å². The lowest BCUT2D eigenvalue weighted by Gasteiger charge is -2.49. The number of amides is 3. The van der Waals surface area contributed by atoms with Crippen molar-refractivity contribution in [1.29, 1.82) is 0 Å². The Bertz CT molecular complexity index is 1000. The third kappa shape index (κ3) is 3.54. The molecule has 1 fully saturated rings. The highest BCUT2D eigenvalue weighted by molar-refractivity contribution is 6.82. The molecule has 1 saturated carbocycles. The van der Waals surface area contributed by atoms with Gasteiger partial charge in [-0.1, -0.05) is 26.1 Å². The van der Waals surface area contributed by atoms with Crippen molar-refractivity contribution in [3.8, 4) is 5.75 Å². The number of anilines is 1. The van der Waals surface area contributed by atoms with Crippen LogP contribution in [-0.2, 0) is 4.79 Å². The number of rotatable bonds is 4. The monoisotopic (exact) mass is 454 g/mol. The number of hydrogen-bond acceptors (Lipinski definition) is 4. The van der Waals surface area contributed by atoms with Crippen LogP contribution in [0.2, 0.25) is 24.7 Å². The van der Waals surface area contributed by atoms with Crippen molar-refractivity contribution in [2.75, 3.05) is 25.5 Å².